The minimum absolute atomic E-state index is 0.216. The van der Waals surface area contributed by atoms with Gasteiger partial charge in [-0.25, -0.2) is 0 Å². The number of piperidine rings is 2. The first-order chi connectivity index (χ1) is 9.17. The van der Waals surface area contributed by atoms with Crippen LogP contribution in [0.15, 0.2) is 28.7 Å². The zero-order valence-corrected chi connectivity index (χ0v) is 12.4. The summed E-state index contributed by atoms with van der Waals surface area (Å²) in [5, 5.41) is 0. The van der Waals surface area contributed by atoms with Gasteiger partial charge in [0.1, 0.15) is 0 Å². The van der Waals surface area contributed by atoms with Crippen molar-refractivity contribution >= 4 is 21.7 Å². The fourth-order valence-corrected chi connectivity index (χ4v) is 4.32. The molecule has 4 aliphatic heterocycles. The third-order valence-electron chi connectivity index (χ3n) is 4.92. The smallest absolute Gasteiger partial charge is 0.151 e. The first-order valence-corrected chi connectivity index (χ1v) is 7.72. The van der Waals surface area contributed by atoms with Crippen LogP contribution in [0.5, 0.6) is 0 Å². The summed E-state index contributed by atoms with van der Waals surface area (Å²) in [4.78, 5) is 17.8. The molecule has 0 aromatic heterocycles. The van der Waals surface area contributed by atoms with Gasteiger partial charge >= 0.3 is 0 Å². The van der Waals surface area contributed by atoms with E-state index in [0.717, 1.165) is 43.7 Å². The summed E-state index contributed by atoms with van der Waals surface area (Å²) in [7, 11) is 0. The maximum absolute atomic E-state index is 12.9. The van der Waals surface area contributed by atoms with Crippen molar-refractivity contribution < 1.29 is 4.79 Å². The van der Waals surface area contributed by atoms with Gasteiger partial charge in [0, 0.05) is 49.7 Å². The van der Waals surface area contributed by atoms with Crippen molar-refractivity contribution in [1.82, 2.24) is 9.80 Å². The van der Waals surface area contributed by atoms with Crippen LogP contribution in [0.2, 0.25) is 0 Å². The van der Waals surface area contributed by atoms with Gasteiger partial charge in [-0.1, -0.05) is 28.1 Å². The summed E-state index contributed by atoms with van der Waals surface area (Å²) in [6.45, 7) is 5.96. The molecule has 0 saturated carbocycles. The second-order valence-corrected chi connectivity index (χ2v) is 7.04. The van der Waals surface area contributed by atoms with E-state index in [4.69, 9.17) is 0 Å². The number of halogens is 1. The second-order valence-electron chi connectivity index (χ2n) is 6.12. The molecule has 0 amide bonds. The molecule has 2 unspecified atom stereocenters. The summed E-state index contributed by atoms with van der Waals surface area (Å²) >= 11 is 3.48. The van der Waals surface area contributed by atoms with Crippen LogP contribution in [-0.4, -0.2) is 54.9 Å². The van der Waals surface area contributed by atoms with Crippen LogP contribution in [-0.2, 0) is 10.2 Å². The topological polar surface area (TPSA) is 23.6 Å². The third-order valence-corrected chi connectivity index (χ3v) is 5.44. The van der Waals surface area contributed by atoms with E-state index in [-0.39, 0.29) is 11.3 Å². The molecule has 3 nitrogen and oxygen atoms in total. The summed E-state index contributed by atoms with van der Waals surface area (Å²) in [6.07, 6.45) is 0. The number of hydrogen-bond acceptors (Lipinski definition) is 3. The minimum atomic E-state index is -0.279. The highest BCUT2D eigenvalue weighted by Crippen LogP contribution is 2.40. The Kier molecular flexibility index (Phi) is 2.63. The van der Waals surface area contributed by atoms with Gasteiger partial charge in [0.2, 0.25) is 0 Å². The van der Waals surface area contributed by atoms with E-state index in [9.17, 15) is 4.79 Å². The Morgan fingerprint density at radius 3 is 2.21 bits per heavy atom. The highest BCUT2D eigenvalue weighted by Gasteiger charge is 2.54. The van der Waals surface area contributed by atoms with E-state index in [1.165, 1.54) is 5.56 Å². The molecule has 0 N–H and O–H groups in total. The highest BCUT2D eigenvalue weighted by atomic mass is 79.9. The Balaban J connectivity index is 1.83. The lowest BCUT2D eigenvalue weighted by Gasteiger charge is -2.48. The number of carbonyl (C=O) groups excluding carboxylic acids is 1. The third kappa shape index (κ3) is 1.73. The van der Waals surface area contributed by atoms with Gasteiger partial charge in [-0.15, -0.1) is 0 Å². The number of carbonyl (C=O) groups is 1. The first-order valence-electron chi connectivity index (χ1n) is 6.92. The SMILES string of the molecule is O=C1C2CN3CCN(C2)CC1(c1ccc(Br)cc1)C3. The molecule has 1 aromatic carbocycles. The lowest BCUT2D eigenvalue weighted by molar-refractivity contribution is -0.137. The van der Waals surface area contributed by atoms with E-state index in [0.29, 0.717) is 5.78 Å². The van der Waals surface area contributed by atoms with Crippen LogP contribution >= 0.6 is 15.9 Å². The quantitative estimate of drug-likeness (QED) is 0.784. The van der Waals surface area contributed by atoms with Gasteiger partial charge in [0.05, 0.1) is 5.41 Å². The molecule has 4 heterocycles. The molecule has 4 bridgehead atoms. The summed E-state index contributed by atoms with van der Waals surface area (Å²) < 4.78 is 1.08. The zero-order valence-electron chi connectivity index (χ0n) is 10.8. The molecule has 0 spiro atoms. The molecular weight excluding hydrogens is 304 g/mol. The lowest BCUT2D eigenvalue weighted by Crippen LogP contribution is -2.63. The predicted octanol–water partition coefficient (Wildman–Crippen LogP) is 1.52. The molecule has 0 aliphatic carbocycles. The molecule has 4 heteroatoms. The molecule has 0 radical (unpaired) electrons. The van der Waals surface area contributed by atoms with Crippen LogP contribution in [0, 0.1) is 5.92 Å². The van der Waals surface area contributed by atoms with Gasteiger partial charge in [-0.3, -0.25) is 14.6 Å². The monoisotopic (exact) mass is 320 g/mol. The van der Waals surface area contributed by atoms with Crippen molar-refractivity contribution in [3.63, 3.8) is 0 Å². The fraction of sp³-hybridized carbons (Fsp3) is 0.533. The number of ketones is 1. The lowest BCUT2D eigenvalue weighted by atomic mass is 9.67. The fourth-order valence-electron chi connectivity index (χ4n) is 4.05. The van der Waals surface area contributed by atoms with Gasteiger partial charge < -0.3 is 0 Å². The molecule has 19 heavy (non-hydrogen) atoms. The van der Waals surface area contributed by atoms with Crippen molar-refractivity contribution in [2.24, 2.45) is 5.92 Å². The Morgan fingerprint density at radius 2 is 1.63 bits per heavy atom. The number of nitrogens with zero attached hydrogens (tertiary/aromatic N) is 2. The van der Waals surface area contributed by atoms with Crippen molar-refractivity contribution in [2.75, 3.05) is 39.3 Å². The largest absolute Gasteiger partial charge is 0.300 e. The minimum Gasteiger partial charge on any atom is -0.300 e. The standard InChI is InChI=1S/C15H17BrN2O/c16-13-3-1-12(2-4-13)15-9-17-5-6-18(10-15)8-11(7-17)14(15)19/h1-4,11H,5-10H2. The van der Waals surface area contributed by atoms with E-state index in [1.54, 1.807) is 0 Å². The van der Waals surface area contributed by atoms with Crippen LogP contribution in [0.4, 0.5) is 0 Å². The maximum atomic E-state index is 12.9. The number of Topliss-reactive ketones (excluding diaryl/α,β-unsaturated/α-hetero) is 1. The van der Waals surface area contributed by atoms with Crippen LogP contribution < -0.4 is 0 Å². The van der Waals surface area contributed by atoms with Gasteiger partial charge in [-0.05, 0) is 17.7 Å². The van der Waals surface area contributed by atoms with Crippen molar-refractivity contribution in [3.05, 3.63) is 34.3 Å². The average molecular weight is 321 g/mol. The van der Waals surface area contributed by atoms with E-state index in [2.05, 4.69) is 50.0 Å². The number of fused-ring (bicyclic) bond motifs is 1. The van der Waals surface area contributed by atoms with E-state index >= 15 is 0 Å². The number of benzene rings is 1. The first kappa shape index (κ1) is 12.1. The average Bonchev–Trinajstić information content (AvgIpc) is 2.64. The Labute approximate surface area is 121 Å². The molecule has 4 fully saturated rings. The maximum Gasteiger partial charge on any atom is 0.151 e. The Bertz CT molecular complexity index is 511. The summed E-state index contributed by atoms with van der Waals surface area (Å²) in [5.41, 5.74) is 0.917. The normalized spacial score (nSPS) is 40.5. The van der Waals surface area contributed by atoms with E-state index in [1.807, 2.05) is 0 Å². The molecule has 100 valence electrons. The molecule has 4 aliphatic rings. The summed E-state index contributed by atoms with van der Waals surface area (Å²) in [5.74, 6) is 0.692. The van der Waals surface area contributed by atoms with Crippen molar-refractivity contribution in [2.45, 2.75) is 5.41 Å². The van der Waals surface area contributed by atoms with Gasteiger partial charge in [0.15, 0.2) is 5.78 Å². The van der Waals surface area contributed by atoms with Gasteiger partial charge in [-0.2, -0.15) is 0 Å². The van der Waals surface area contributed by atoms with Crippen molar-refractivity contribution in [3.8, 4) is 0 Å². The number of rotatable bonds is 1. The van der Waals surface area contributed by atoms with E-state index < -0.39 is 0 Å². The Hall–Kier alpha value is -0.710. The summed E-state index contributed by atoms with van der Waals surface area (Å²) in [6, 6.07) is 8.36. The van der Waals surface area contributed by atoms with Crippen LogP contribution in [0.3, 0.4) is 0 Å². The van der Waals surface area contributed by atoms with Gasteiger partial charge in [0.25, 0.3) is 0 Å². The van der Waals surface area contributed by atoms with Crippen LogP contribution in [0.1, 0.15) is 5.56 Å². The zero-order chi connectivity index (χ0) is 13.0. The molecule has 2 atom stereocenters. The highest BCUT2D eigenvalue weighted by molar-refractivity contribution is 9.10. The molecular formula is C15H17BrN2O. The van der Waals surface area contributed by atoms with Crippen LogP contribution in [0.25, 0.3) is 0 Å². The Morgan fingerprint density at radius 1 is 1.05 bits per heavy atom. The molecule has 4 saturated heterocycles. The molecule has 5 rings (SSSR count). The second kappa shape index (κ2) is 4.14. The number of hydrogen-bond donors (Lipinski definition) is 0. The predicted molar refractivity (Wildman–Crippen MR) is 77.2 cm³/mol. The van der Waals surface area contributed by atoms with Crippen molar-refractivity contribution in [1.29, 1.82) is 0 Å². The molecule has 1 aromatic rings.